The molecule has 0 N–H and O–H groups in total. The first kappa shape index (κ1) is 8.02. The van der Waals surface area contributed by atoms with Crippen LogP contribution in [0.4, 0.5) is 0 Å². The van der Waals surface area contributed by atoms with Crippen LogP contribution in [0.5, 0.6) is 0 Å². The Bertz CT molecular complexity index is 106. The van der Waals surface area contributed by atoms with Gasteiger partial charge in [0.05, 0.1) is 18.8 Å². The molecule has 0 amide bonds. The maximum absolute atomic E-state index is 5.22. The van der Waals surface area contributed by atoms with Gasteiger partial charge in [-0.25, -0.2) is 0 Å². The van der Waals surface area contributed by atoms with E-state index in [9.17, 15) is 0 Å². The van der Waals surface area contributed by atoms with Gasteiger partial charge < -0.3 is 4.74 Å². The van der Waals surface area contributed by atoms with E-state index in [0.717, 1.165) is 13.2 Å². The molecule has 0 radical (unpaired) electrons. The fraction of sp³-hybridized carbons (Fsp3) is 1.00. The summed E-state index contributed by atoms with van der Waals surface area (Å²) in [5.41, 5.74) is 0.333. The van der Waals surface area contributed by atoms with Gasteiger partial charge in [0, 0.05) is 0 Å². The molecule has 2 heteroatoms. The van der Waals surface area contributed by atoms with Gasteiger partial charge in [0.15, 0.2) is 0 Å². The second-order valence-electron chi connectivity index (χ2n) is 3.65. The maximum Gasteiger partial charge on any atom is 0.0696 e. The molecule has 1 fully saturated rings. The van der Waals surface area contributed by atoms with Crippen LogP contribution in [0, 0.1) is 5.92 Å². The summed E-state index contributed by atoms with van der Waals surface area (Å²) < 4.78 is 5.22. The molecule has 0 aliphatic carbocycles. The summed E-state index contributed by atoms with van der Waals surface area (Å²) in [7, 11) is 4.26. The topological polar surface area (TPSA) is 12.5 Å². The van der Waals surface area contributed by atoms with Gasteiger partial charge in [-0.1, -0.05) is 13.8 Å². The Hall–Kier alpha value is -0.0800. The van der Waals surface area contributed by atoms with Crippen LogP contribution < -0.4 is 0 Å². The fourth-order valence-electron chi connectivity index (χ4n) is 1.42. The zero-order valence-corrected chi connectivity index (χ0v) is 7.35. The van der Waals surface area contributed by atoms with Gasteiger partial charge in [0.2, 0.25) is 0 Å². The first-order valence-corrected chi connectivity index (χ1v) is 3.85. The molecule has 1 heterocycles. The summed E-state index contributed by atoms with van der Waals surface area (Å²) in [6.45, 7) is 6.31. The standard InChI is InChI=1S/C8H17NO/c1-7(2)8(9(3)4)5-10-6-8/h7H,5-6H2,1-4H3. The van der Waals surface area contributed by atoms with Gasteiger partial charge in [-0.05, 0) is 20.0 Å². The molecule has 1 aliphatic heterocycles. The first-order chi connectivity index (χ1) is 4.59. The predicted molar refractivity (Wildman–Crippen MR) is 42.1 cm³/mol. The SMILES string of the molecule is CC(C)C1(N(C)C)COC1. The summed E-state index contributed by atoms with van der Waals surface area (Å²) in [6.07, 6.45) is 0. The number of ether oxygens (including phenoxy) is 1. The third kappa shape index (κ3) is 0.956. The minimum absolute atomic E-state index is 0.333. The molecule has 1 aliphatic rings. The number of hydrogen-bond acceptors (Lipinski definition) is 2. The smallest absolute Gasteiger partial charge is 0.0696 e. The Morgan fingerprint density at radius 2 is 1.80 bits per heavy atom. The molecular weight excluding hydrogens is 126 g/mol. The highest BCUT2D eigenvalue weighted by molar-refractivity contribution is 4.96. The quantitative estimate of drug-likeness (QED) is 0.571. The zero-order valence-electron chi connectivity index (χ0n) is 7.35. The summed E-state index contributed by atoms with van der Waals surface area (Å²) >= 11 is 0. The lowest BCUT2D eigenvalue weighted by Gasteiger charge is -2.49. The van der Waals surface area contributed by atoms with Crippen LogP contribution in [-0.4, -0.2) is 37.7 Å². The van der Waals surface area contributed by atoms with E-state index in [-0.39, 0.29) is 0 Å². The summed E-state index contributed by atoms with van der Waals surface area (Å²) in [6, 6.07) is 0. The zero-order chi connectivity index (χ0) is 7.78. The molecule has 1 saturated heterocycles. The average Bonchev–Trinajstić information content (AvgIpc) is 1.57. The van der Waals surface area contributed by atoms with E-state index >= 15 is 0 Å². The highest BCUT2D eigenvalue weighted by atomic mass is 16.5. The number of hydrogen-bond donors (Lipinski definition) is 0. The lowest BCUT2D eigenvalue weighted by molar-refractivity contribution is -0.147. The van der Waals surface area contributed by atoms with Crippen LogP contribution in [0.2, 0.25) is 0 Å². The molecule has 2 nitrogen and oxygen atoms in total. The molecule has 0 aromatic rings. The van der Waals surface area contributed by atoms with E-state index in [1.807, 2.05) is 0 Å². The van der Waals surface area contributed by atoms with Gasteiger partial charge >= 0.3 is 0 Å². The number of likely N-dealkylation sites (N-methyl/N-ethyl adjacent to an activating group) is 1. The minimum atomic E-state index is 0.333. The molecule has 1 rings (SSSR count). The van der Waals surface area contributed by atoms with Crippen LogP contribution in [0.25, 0.3) is 0 Å². The van der Waals surface area contributed by atoms with Gasteiger partial charge in [-0.3, -0.25) is 4.90 Å². The van der Waals surface area contributed by atoms with Crippen LogP contribution in [0.15, 0.2) is 0 Å². The van der Waals surface area contributed by atoms with Crippen LogP contribution in [-0.2, 0) is 4.74 Å². The van der Waals surface area contributed by atoms with Crippen molar-refractivity contribution < 1.29 is 4.74 Å². The third-order valence-electron chi connectivity index (χ3n) is 2.67. The average molecular weight is 143 g/mol. The first-order valence-electron chi connectivity index (χ1n) is 3.85. The van der Waals surface area contributed by atoms with Crippen molar-refractivity contribution in [1.82, 2.24) is 4.90 Å². The number of nitrogens with zero attached hydrogens (tertiary/aromatic N) is 1. The third-order valence-corrected chi connectivity index (χ3v) is 2.67. The molecule has 0 unspecified atom stereocenters. The molecule has 0 spiro atoms. The maximum atomic E-state index is 5.22. The monoisotopic (exact) mass is 143 g/mol. The van der Waals surface area contributed by atoms with Gasteiger partial charge in [-0.15, -0.1) is 0 Å². The highest BCUT2D eigenvalue weighted by Gasteiger charge is 2.43. The Morgan fingerprint density at radius 1 is 1.30 bits per heavy atom. The van der Waals surface area contributed by atoms with Gasteiger partial charge in [0.25, 0.3) is 0 Å². The fourth-order valence-corrected chi connectivity index (χ4v) is 1.42. The van der Waals surface area contributed by atoms with Crippen molar-refractivity contribution in [3.05, 3.63) is 0 Å². The largest absolute Gasteiger partial charge is 0.377 e. The lowest BCUT2D eigenvalue weighted by atomic mass is 9.83. The normalized spacial score (nSPS) is 23.4. The highest BCUT2D eigenvalue weighted by Crippen LogP contribution is 2.30. The van der Waals surface area contributed by atoms with E-state index in [4.69, 9.17) is 4.74 Å². The summed E-state index contributed by atoms with van der Waals surface area (Å²) in [4.78, 5) is 2.28. The van der Waals surface area contributed by atoms with Crippen LogP contribution in [0.3, 0.4) is 0 Å². The van der Waals surface area contributed by atoms with Crippen molar-refractivity contribution in [2.45, 2.75) is 19.4 Å². The van der Waals surface area contributed by atoms with Crippen molar-refractivity contribution in [1.29, 1.82) is 0 Å². The molecule has 0 bridgehead atoms. The van der Waals surface area contributed by atoms with E-state index < -0.39 is 0 Å². The summed E-state index contributed by atoms with van der Waals surface area (Å²) in [5, 5.41) is 0. The summed E-state index contributed by atoms with van der Waals surface area (Å²) in [5.74, 6) is 0.691. The molecule has 10 heavy (non-hydrogen) atoms. The molecular formula is C8H17NO. The second-order valence-corrected chi connectivity index (χ2v) is 3.65. The molecule has 0 aromatic carbocycles. The van der Waals surface area contributed by atoms with Crippen molar-refractivity contribution >= 4 is 0 Å². The van der Waals surface area contributed by atoms with E-state index in [2.05, 4.69) is 32.8 Å². The Morgan fingerprint density at radius 3 is 1.80 bits per heavy atom. The second kappa shape index (κ2) is 2.51. The molecule has 0 saturated carbocycles. The minimum Gasteiger partial charge on any atom is -0.377 e. The Kier molecular flexibility index (Phi) is 2.02. The predicted octanol–water partition coefficient (Wildman–Crippen LogP) is 0.973. The van der Waals surface area contributed by atoms with Crippen molar-refractivity contribution in [3.8, 4) is 0 Å². The van der Waals surface area contributed by atoms with Crippen LogP contribution in [0.1, 0.15) is 13.8 Å². The van der Waals surface area contributed by atoms with E-state index in [1.54, 1.807) is 0 Å². The van der Waals surface area contributed by atoms with Gasteiger partial charge in [-0.2, -0.15) is 0 Å². The Balaban J connectivity index is 2.59. The van der Waals surface area contributed by atoms with Crippen LogP contribution >= 0.6 is 0 Å². The van der Waals surface area contributed by atoms with Crippen molar-refractivity contribution in [2.75, 3.05) is 27.3 Å². The number of rotatable bonds is 2. The van der Waals surface area contributed by atoms with Gasteiger partial charge in [0.1, 0.15) is 0 Å². The molecule has 0 aromatic heterocycles. The molecule has 0 atom stereocenters. The van der Waals surface area contributed by atoms with E-state index in [0.29, 0.717) is 11.5 Å². The van der Waals surface area contributed by atoms with Crippen molar-refractivity contribution in [2.24, 2.45) is 5.92 Å². The Labute approximate surface area is 63.2 Å². The van der Waals surface area contributed by atoms with Crippen molar-refractivity contribution in [3.63, 3.8) is 0 Å². The lowest BCUT2D eigenvalue weighted by Crippen LogP contribution is -2.62. The molecule has 60 valence electrons. The van der Waals surface area contributed by atoms with E-state index in [1.165, 1.54) is 0 Å².